The van der Waals surface area contributed by atoms with E-state index in [1.807, 2.05) is 0 Å². The van der Waals surface area contributed by atoms with Crippen LogP contribution in [0.15, 0.2) is 0 Å². The van der Waals surface area contributed by atoms with Gasteiger partial charge in [-0.15, -0.1) is 0 Å². The molecule has 0 bridgehead atoms. The van der Waals surface area contributed by atoms with E-state index < -0.39 is 77.6 Å². The van der Waals surface area contributed by atoms with Crippen molar-refractivity contribution in [1.82, 2.24) is 5.32 Å². The number of carbonyl (C=O) groups excluding carboxylic acids is 5. The Morgan fingerprint density at radius 1 is 0.812 bits per heavy atom. The highest BCUT2D eigenvalue weighted by Gasteiger charge is 2.52. The highest BCUT2D eigenvalue weighted by Crippen LogP contribution is 2.29. The Morgan fingerprint density at radius 2 is 1.34 bits per heavy atom. The number of halogens is 3. The Kier molecular flexibility index (Phi) is 10.8. The minimum Gasteiger partial charge on any atom is -0.463 e. The van der Waals surface area contributed by atoms with Gasteiger partial charge >= 0.3 is 30.0 Å². The van der Waals surface area contributed by atoms with Crippen LogP contribution in [0, 0.1) is 0 Å². The zero-order chi connectivity index (χ0) is 24.6. The number of alkyl halides is 3. The maximum absolute atomic E-state index is 12.2. The van der Waals surface area contributed by atoms with Crippen molar-refractivity contribution in [2.75, 3.05) is 13.2 Å². The first-order valence-electron chi connectivity index (χ1n) is 9.00. The molecule has 1 amide bonds. The summed E-state index contributed by atoms with van der Waals surface area (Å²) in [5, 5.41) is 2.28. The van der Waals surface area contributed by atoms with Crippen molar-refractivity contribution < 1.29 is 52.4 Å². The lowest BCUT2D eigenvalue weighted by Crippen LogP contribution is -2.67. The number of alkyl carbamates (subject to hydrolysis) is 1. The quantitative estimate of drug-likeness (QED) is 0.291. The van der Waals surface area contributed by atoms with Crippen LogP contribution in [0.25, 0.3) is 0 Å². The van der Waals surface area contributed by atoms with E-state index >= 15 is 0 Å². The minimum atomic E-state index is -1.92. The number of rotatable bonds is 7. The Labute approximate surface area is 198 Å². The van der Waals surface area contributed by atoms with Crippen molar-refractivity contribution >= 4 is 64.8 Å². The van der Waals surface area contributed by atoms with Crippen molar-refractivity contribution in [2.45, 2.75) is 62.1 Å². The first-order valence-corrected chi connectivity index (χ1v) is 10.1. The van der Waals surface area contributed by atoms with Gasteiger partial charge in [-0.2, -0.15) is 0 Å². The lowest BCUT2D eigenvalue weighted by molar-refractivity contribution is -0.270. The summed E-state index contributed by atoms with van der Waals surface area (Å²) in [6.45, 7) is 3.22. The van der Waals surface area contributed by atoms with Crippen LogP contribution in [-0.4, -0.2) is 77.6 Å². The molecule has 32 heavy (non-hydrogen) atoms. The van der Waals surface area contributed by atoms with E-state index in [1.165, 1.54) is 0 Å². The molecule has 5 atom stereocenters. The van der Waals surface area contributed by atoms with Crippen molar-refractivity contribution in [1.29, 1.82) is 0 Å². The monoisotopic (exact) mass is 521 g/mol. The van der Waals surface area contributed by atoms with Gasteiger partial charge in [0.2, 0.25) is 10.1 Å². The summed E-state index contributed by atoms with van der Waals surface area (Å²) in [5.74, 6) is -3.13. The molecule has 12 nitrogen and oxygen atoms in total. The van der Waals surface area contributed by atoms with Crippen molar-refractivity contribution in [3.8, 4) is 0 Å². The normalized spacial score (nSPS) is 25.2. The number of amides is 1. The highest BCUT2D eigenvalue weighted by atomic mass is 35.6. The number of esters is 4. The Morgan fingerprint density at radius 3 is 1.81 bits per heavy atom. The van der Waals surface area contributed by atoms with Crippen LogP contribution in [0.1, 0.15) is 27.7 Å². The SMILES string of the molecule is CC(=O)OCC1OC(OC(C)=O)[C@@H](NC(=O)OCC(Cl)(Cl)Cl)C(OC(C)=O)[C@H]1OC(C)=O. The molecule has 0 aromatic heterocycles. The average Bonchev–Trinajstić information content (AvgIpc) is 2.61. The van der Waals surface area contributed by atoms with Crippen LogP contribution in [0.3, 0.4) is 0 Å². The van der Waals surface area contributed by atoms with E-state index in [9.17, 15) is 24.0 Å². The molecule has 182 valence electrons. The van der Waals surface area contributed by atoms with E-state index in [4.69, 9.17) is 63.2 Å². The van der Waals surface area contributed by atoms with Gasteiger partial charge in [0, 0.05) is 27.7 Å². The topological polar surface area (TPSA) is 153 Å². The van der Waals surface area contributed by atoms with Crippen LogP contribution < -0.4 is 5.32 Å². The summed E-state index contributed by atoms with van der Waals surface area (Å²) >= 11 is 16.6. The average molecular weight is 523 g/mol. The molecule has 0 spiro atoms. The molecule has 0 aromatic carbocycles. The standard InChI is InChI=1S/C17H22Cl3NO11/c1-7(22)27-5-11-13(29-8(2)23)14(30-9(3)24)12(15(32-11)31-10(4)25)21-16(26)28-6-17(18,19)20/h11-15H,5-6H2,1-4H3,(H,21,26)/t11?,12-,13-,14?,15?/m0/s1. The highest BCUT2D eigenvalue weighted by molar-refractivity contribution is 6.67. The second-order valence-electron chi connectivity index (χ2n) is 6.46. The van der Waals surface area contributed by atoms with Gasteiger partial charge < -0.3 is 33.7 Å². The zero-order valence-corrected chi connectivity index (χ0v) is 19.7. The Bertz CT molecular complexity index is 727. The molecule has 15 heteroatoms. The maximum atomic E-state index is 12.2. The Hall–Kier alpha value is -2.02. The number of hydrogen-bond acceptors (Lipinski definition) is 11. The second-order valence-corrected chi connectivity index (χ2v) is 8.98. The lowest BCUT2D eigenvalue weighted by atomic mass is 9.96. The summed E-state index contributed by atoms with van der Waals surface area (Å²) < 4.78 is 28.9. The summed E-state index contributed by atoms with van der Waals surface area (Å²) in [7, 11) is 0. The summed E-state index contributed by atoms with van der Waals surface area (Å²) in [4.78, 5) is 58.4. The van der Waals surface area contributed by atoms with Gasteiger partial charge in [0.1, 0.15) is 25.4 Å². The molecule has 1 aliphatic heterocycles. The number of ether oxygens (including phenoxy) is 6. The fraction of sp³-hybridized carbons (Fsp3) is 0.706. The third-order valence-electron chi connectivity index (χ3n) is 3.63. The summed E-state index contributed by atoms with van der Waals surface area (Å²) in [6, 6.07) is -1.43. The minimum absolute atomic E-state index is 0.451. The van der Waals surface area contributed by atoms with Gasteiger partial charge in [-0.1, -0.05) is 34.8 Å². The fourth-order valence-electron chi connectivity index (χ4n) is 2.65. The van der Waals surface area contributed by atoms with Crippen LogP contribution in [0.2, 0.25) is 0 Å². The van der Waals surface area contributed by atoms with Crippen LogP contribution >= 0.6 is 34.8 Å². The second kappa shape index (κ2) is 12.3. The molecule has 1 saturated heterocycles. The van der Waals surface area contributed by atoms with Crippen molar-refractivity contribution in [3.05, 3.63) is 0 Å². The zero-order valence-electron chi connectivity index (χ0n) is 17.4. The van der Waals surface area contributed by atoms with E-state index in [1.54, 1.807) is 0 Å². The third kappa shape index (κ3) is 10.1. The molecule has 1 aliphatic rings. The van der Waals surface area contributed by atoms with Gasteiger partial charge in [-0.25, -0.2) is 4.79 Å². The van der Waals surface area contributed by atoms with Gasteiger partial charge in [-0.3, -0.25) is 19.2 Å². The molecule has 0 aromatic rings. The van der Waals surface area contributed by atoms with Crippen LogP contribution in [-0.2, 0) is 47.6 Å². The molecule has 0 aliphatic carbocycles. The fourth-order valence-corrected chi connectivity index (χ4v) is 2.81. The van der Waals surface area contributed by atoms with Crippen LogP contribution in [0.5, 0.6) is 0 Å². The van der Waals surface area contributed by atoms with E-state index in [-0.39, 0.29) is 0 Å². The molecule has 1 heterocycles. The van der Waals surface area contributed by atoms with E-state index in [0.717, 1.165) is 27.7 Å². The Balaban J connectivity index is 3.28. The van der Waals surface area contributed by atoms with Gasteiger partial charge in [0.05, 0.1) is 0 Å². The van der Waals surface area contributed by atoms with Crippen molar-refractivity contribution in [3.63, 3.8) is 0 Å². The number of nitrogens with one attached hydrogen (secondary N) is 1. The van der Waals surface area contributed by atoms with Gasteiger partial charge in [-0.05, 0) is 0 Å². The van der Waals surface area contributed by atoms with E-state index in [2.05, 4.69) is 5.32 Å². The van der Waals surface area contributed by atoms with E-state index in [0.29, 0.717) is 0 Å². The predicted octanol–water partition coefficient (Wildman–Crippen LogP) is 1.17. The van der Waals surface area contributed by atoms with Crippen molar-refractivity contribution in [2.24, 2.45) is 0 Å². The molecule has 0 radical (unpaired) electrons. The molecule has 1 N–H and O–H groups in total. The van der Waals surface area contributed by atoms with Gasteiger partial charge in [0.15, 0.2) is 12.2 Å². The van der Waals surface area contributed by atoms with Crippen LogP contribution in [0.4, 0.5) is 4.79 Å². The molecule has 3 unspecified atom stereocenters. The maximum Gasteiger partial charge on any atom is 0.407 e. The predicted molar refractivity (Wildman–Crippen MR) is 107 cm³/mol. The molecule has 1 rings (SSSR count). The smallest absolute Gasteiger partial charge is 0.407 e. The number of hydrogen-bond donors (Lipinski definition) is 1. The molecular weight excluding hydrogens is 501 g/mol. The first-order chi connectivity index (χ1) is 14.7. The molecule has 1 fully saturated rings. The number of carbonyl (C=O) groups is 5. The summed E-state index contributed by atoms with van der Waals surface area (Å²) in [5.41, 5.74) is 0. The first kappa shape index (κ1) is 28.0. The lowest BCUT2D eigenvalue weighted by Gasteiger charge is -2.44. The third-order valence-corrected chi connectivity index (χ3v) is 3.96. The molecule has 0 saturated carbocycles. The van der Waals surface area contributed by atoms with Gasteiger partial charge in [0.25, 0.3) is 0 Å². The largest absolute Gasteiger partial charge is 0.463 e. The summed E-state index contributed by atoms with van der Waals surface area (Å²) in [6.07, 6.45) is -6.77. The molecular formula is C17H22Cl3NO11.